The van der Waals surface area contributed by atoms with Crippen LogP contribution in [0.2, 0.25) is 0 Å². The van der Waals surface area contributed by atoms with Gasteiger partial charge in [-0.15, -0.1) is 4.72 Å². The summed E-state index contributed by atoms with van der Waals surface area (Å²) < 4.78 is 19.1. The minimum Gasteiger partial charge on any atom is -0.598 e. The van der Waals surface area contributed by atoms with Crippen molar-refractivity contribution >= 4 is 38.9 Å². The van der Waals surface area contributed by atoms with E-state index in [9.17, 15) is 4.55 Å². The van der Waals surface area contributed by atoms with Crippen LogP contribution in [0.5, 0.6) is 0 Å². The first-order valence-electron chi connectivity index (χ1n) is 10.6. The van der Waals surface area contributed by atoms with E-state index < -0.39 is 11.4 Å². The fraction of sp³-hybridized carbons (Fsp3) is 0.500. The summed E-state index contributed by atoms with van der Waals surface area (Å²) in [6, 6.07) is 4.18. The number of nitrogens with one attached hydrogen (secondary N) is 1. The number of imidazole rings is 1. The van der Waals surface area contributed by atoms with Crippen LogP contribution in [-0.4, -0.2) is 41.7 Å². The minimum atomic E-state index is -1.14. The Morgan fingerprint density at radius 3 is 2.71 bits per heavy atom. The maximum atomic E-state index is 13.0. The Labute approximate surface area is 194 Å². The molecule has 9 heteroatoms. The topological polar surface area (TPSA) is 81.4 Å². The van der Waals surface area contributed by atoms with E-state index in [0.717, 1.165) is 54.1 Å². The van der Waals surface area contributed by atoms with Gasteiger partial charge in [0.05, 0.1) is 10.5 Å². The van der Waals surface area contributed by atoms with Crippen LogP contribution in [0, 0.1) is 5.41 Å². The molecule has 0 amide bonds. The van der Waals surface area contributed by atoms with Crippen molar-refractivity contribution in [2.75, 3.05) is 18.0 Å². The fourth-order valence-corrected chi connectivity index (χ4v) is 6.17. The Balaban J connectivity index is 1.42. The van der Waals surface area contributed by atoms with E-state index in [0.29, 0.717) is 0 Å². The highest BCUT2D eigenvalue weighted by atomic mass is 79.9. The van der Waals surface area contributed by atoms with E-state index in [1.807, 2.05) is 49.8 Å². The maximum absolute atomic E-state index is 13.0. The molecule has 1 N–H and O–H groups in total. The summed E-state index contributed by atoms with van der Waals surface area (Å²) in [5.41, 5.74) is 3.23. The molecule has 3 aromatic rings. The van der Waals surface area contributed by atoms with Crippen molar-refractivity contribution in [2.45, 2.75) is 50.8 Å². The summed E-state index contributed by atoms with van der Waals surface area (Å²) in [7, 11) is 0. The second kappa shape index (κ2) is 7.72. The third kappa shape index (κ3) is 3.65. The van der Waals surface area contributed by atoms with E-state index >= 15 is 0 Å². The molecule has 7 nitrogen and oxygen atoms in total. The molecule has 1 saturated heterocycles. The summed E-state index contributed by atoms with van der Waals surface area (Å²) in [4.78, 5) is 16.1. The van der Waals surface area contributed by atoms with E-state index in [1.165, 1.54) is 5.56 Å². The van der Waals surface area contributed by atoms with Gasteiger partial charge in [-0.25, -0.2) is 9.97 Å². The number of piperidine rings is 1. The lowest BCUT2D eigenvalue weighted by atomic mass is 9.73. The highest BCUT2D eigenvalue weighted by molar-refractivity contribution is 9.10. The van der Waals surface area contributed by atoms with Gasteiger partial charge in [0.2, 0.25) is 5.95 Å². The van der Waals surface area contributed by atoms with Crippen LogP contribution in [0.3, 0.4) is 0 Å². The Morgan fingerprint density at radius 1 is 1.19 bits per heavy atom. The number of fused-ring (bicyclic) bond motifs is 2. The number of anilines is 1. The largest absolute Gasteiger partial charge is 0.598 e. The molecule has 1 spiro atoms. The molecular formula is C22H27BrN6OS. The molecule has 4 heterocycles. The molecular weight excluding hydrogens is 476 g/mol. The quantitative estimate of drug-likeness (QED) is 0.548. The number of hydrogen-bond donors (Lipinski definition) is 1. The predicted molar refractivity (Wildman–Crippen MR) is 126 cm³/mol. The second-order valence-corrected chi connectivity index (χ2v) is 12.4. The first kappa shape index (κ1) is 21.2. The molecule has 1 aliphatic heterocycles. The van der Waals surface area contributed by atoms with Crippen LogP contribution >= 0.6 is 15.9 Å². The molecule has 2 aliphatic rings. The smallest absolute Gasteiger partial charge is 0.211 e. The monoisotopic (exact) mass is 502 g/mol. The Morgan fingerprint density at radius 2 is 1.97 bits per heavy atom. The van der Waals surface area contributed by atoms with Crippen molar-refractivity contribution < 1.29 is 4.55 Å². The number of halogens is 1. The Kier molecular flexibility index (Phi) is 5.28. The lowest BCUT2D eigenvalue weighted by Gasteiger charge is -2.44. The molecule has 164 valence electrons. The third-order valence-electron chi connectivity index (χ3n) is 6.55. The first-order valence-corrected chi connectivity index (χ1v) is 12.6. The predicted octanol–water partition coefficient (Wildman–Crippen LogP) is 3.82. The molecule has 0 bridgehead atoms. The van der Waals surface area contributed by atoms with E-state index in [4.69, 9.17) is 0 Å². The zero-order valence-electron chi connectivity index (χ0n) is 18.0. The summed E-state index contributed by atoms with van der Waals surface area (Å²) in [6.07, 6.45) is 10.3. The van der Waals surface area contributed by atoms with Crippen LogP contribution in [0.15, 0.2) is 41.4 Å². The average molecular weight is 503 g/mol. The number of rotatable bonds is 3. The van der Waals surface area contributed by atoms with Gasteiger partial charge in [0, 0.05) is 60.3 Å². The minimum absolute atomic E-state index is 0.0114. The SMILES string of the molecule is CC(C)(C)[S@@+]([O-])N[C@H]1c2cccnc2CC12CCN(c1ncc(Br)c3nccn13)CC2. The number of hydrogen-bond acceptors (Lipinski definition) is 6. The molecule has 0 unspecified atom stereocenters. The van der Waals surface area contributed by atoms with Crippen molar-refractivity contribution in [3.05, 3.63) is 52.7 Å². The Hall–Kier alpha value is -1.68. The van der Waals surface area contributed by atoms with Crippen molar-refractivity contribution in [3.63, 3.8) is 0 Å². The van der Waals surface area contributed by atoms with Crippen LogP contribution in [0.4, 0.5) is 5.95 Å². The lowest BCUT2D eigenvalue weighted by Crippen LogP contribution is -2.50. The van der Waals surface area contributed by atoms with Gasteiger partial charge in [-0.1, -0.05) is 6.07 Å². The van der Waals surface area contributed by atoms with Gasteiger partial charge in [0.25, 0.3) is 0 Å². The highest BCUT2D eigenvalue weighted by Crippen LogP contribution is 2.52. The van der Waals surface area contributed by atoms with E-state index in [1.54, 1.807) is 6.20 Å². The molecule has 3 aromatic heterocycles. The van der Waals surface area contributed by atoms with Crippen LogP contribution < -0.4 is 9.62 Å². The molecule has 31 heavy (non-hydrogen) atoms. The molecule has 0 radical (unpaired) electrons. The second-order valence-electron chi connectivity index (χ2n) is 9.52. The summed E-state index contributed by atoms with van der Waals surface area (Å²) in [5.74, 6) is 0.918. The molecule has 2 atom stereocenters. The van der Waals surface area contributed by atoms with Crippen molar-refractivity contribution in [2.24, 2.45) is 5.41 Å². The Bertz CT molecular complexity index is 1100. The maximum Gasteiger partial charge on any atom is 0.211 e. The van der Waals surface area contributed by atoms with Gasteiger partial charge in [-0.3, -0.25) is 9.38 Å². The van der Waals surface area contributed by atoms with Gasteiger partial charge in [-0.05, 0) is 67.6 Å². The standard InChI is InChI=1S/C22H27BrN6OS/c1-21(2,3)31(30)27-18-15-5-4-8-24-17(15)13-22(18)6-10-28(11-7-22)20-26-14-16(23)19-25-9-12-29(19)20/h4-5,8-9,12,14,18,27H,6-7,10-11,13H2,1-3H3/t18-,31+/m0/s1. The number of aromatic nitrogens is 4. The van der Waals surface area contributed by atoms with Crippen molar-refractivity contribution in [3.8, 4) is 0 Å². The van der Waals surface area contributed by atoms with Gasteiger partial charge in [0.1, 0.15) is 4.75 Å². The van der Waals surface area contributed by atoms with E-state index in [-0.39, 0.29) is 16.2 Å². The van der Waals surface area contributed by atoms with Gasteiger partial charge in [0.15, 0.2) is 5.65 Å². The number of pyridine rings is 1. The highest BCUT2D eigenvalue weighted by Gasteiger charge is 2.51. The summed E-state index contributed by atoms with van der Waals surface area (Å²) in [6.45, 7) is 7.81. The van der Waals surface area contributed by atoms with Crippen LogP contribution in [0.25, 0.3) is 5.65 Å². The van der Waals surface area contributed by atoms with E-state index in [2.05, 4.69) is 46.6 Å². The average Bonchev–Trinajstić information content (AvgIpc) is 3.33. The molecule has 0 aromatic carbocycles. The molecule has 1 aliphatic carbocycles. The normalized spacial score (nSPS) is 21.6. The third-order valence-corrected chi connectivity index (χ3v) is 8.68. The van der Waals surface area contributed by atoms with Crippen LogP contribution in [0.1, 0.15) is 50.9 Å². The molecule has 5 rings (SSSR count). The van der Waals surface area contributed by atoms with Crippen molar-refractivity contribution in [1.29, 1.82) is 0 Å². The molecule has 1 fully saturated rings. The van der Waals surface area contributed by atoms with Gasteiger partial charge < -0.3 is 9.45 Å². The number of nitrogens with zero attached hydrogens (tertiary/aromatic N) is 5. The summed E-state index contributed by atoms with van der Waals surface area (Å²) >= 11 is 2.39. The zero-order valence-corrected chi connectivity index (χ0v) is 20.4. The molecule has 0 saturated carbocycles. The first-order chi connectivity index (χ1) is 14.8. The zero-order chi connectivity index (χ0) is 21.8. The lowest BCUT2D eigenvalue weighted by molar-refractivity contribution is 0.175. The van der Waals surface area contributed by atoms with Gasteiger partial charge >= 0.3 is 0 Å². The van der Waals surface area contributed by atoms with Crippen molar-refractivity contribution in [1.82, 2.24) is 24.1 Å². The van der Waals surface area contributed by atoms with Crippen LogP contribution in [-0.2, 0) is 17.8 Å². The summed E-state index contributed by atoms with van der Waals surface area (Å²) in [5, 5.41) is 0. The fourth-order valence-electron chi connectivity index (χ4n) is 4.83. The van der Waals surface area contributed by atoms with Gasteiger partial charge in [-0.2, -0.15) is 0 Å².